The van der Waals surface area contributed by atoms with Crippen molar-refractivity contribution in [2.75, 3.05) is 5.32 Å². The summed E-state index contributed by atoms with van der Waals surface area (Å²) in [6.45, 7) is 8.13. The first kappa shape index (κ1) is 17.3. The maximum Gasteiger partial charge on any atom is 0.298 e. The molecule has 0 fully saturated rings. The maximum atomic E-state index is 13.9. The van der Waals surface area contributed by atoms with Crippen LogP contribution in [0.2, 0.25) is 0 Å². The van der Waals surface area contributed by atoms with Crippen LogP contribution in [0.5, 0.6) is 0 Å². The van der Waals surface area contributed by atoms with Crippen molar-refractivity contribution in [3.05, 3.63) is 33.9 Å². The summed E-state index contributed by atoms with van der Waals surface area (Å²) >= 11 is 0. The van der Waals surface area contributed by atoms with E-state index in [2.05, 4.69) is 5.32 Å². The van der Waals surface area contributed by atoms with Crippen LogP contribution < -0.4 is 5.32 Å². The van der Waals surface area contributed by atoms with Gasteiger partial charge in [-0.15, -0.1) is 0 Å². The molecule has 0 amide bonds. The number of anilines is 1. The Hall–Kier alpha value is -1.72. The zero-order valence-corrected chi connectivity index (χ0v) is 12.8. The van der Waals surface area contributed by atoms with Gasteiger partial charge < -0.3 is 5.32 Å². The van der Waals surface area contributed by atoms with Crippen LogP contribution in [0.15, 0.2) is 12.1 Å². The van der Waals surface area contributed by atoms with E-state index in [0.29, 0.717) is 17.9 Å². The van der Waals surface area contributed by atoms with E-state index in [1.54, 1.807) is 0 Å². The summed E-state index contributed by atoms with van der Waals surface area (Å²) in [5.74, 6) is -1.15. The van der Waals surface area contributed by atoms with Gasteiger partial charge in [-0.3, -0.25) is 10.1 Å². The second-order valence-electron chi connectivity index (χ2n) is 6.14. The van der Waals surface area contributed by atoms with E-state index in [0.717, 1.165) is 18.9 Å². The molecule has 0 aliphatic heterocycles. The van der Waals surface area contributed by atoms with Gasteiger partial charge in [-0.2, -0.15) is 0 Å². The molecule has 0 unspecified atom stereocenters. The fraction of sp³-hybridized carbons (Fsp3) is 0.600. The van der Waals surface area contributed by atoms with E-state index in [1.807, 2.05) is 27.7 Å². The van der Waals surface area contributed by atoms with Crippen molar-refractivity contribution >= 4 is 11.4 Å². The molecule has 1 aromatic carbocycles. The summed E-state index contributed by atoms with van der Waals surface area (Å²) in [7, 11) is 0. The first-order valence-electron chi connectivity index (χ1n) is 7.10. The van der Waals surface area contributed by atoms with Crippen LogP contribution in [-0.2, 0) is 0 Å². The highest BCUT2D eigenvalue weighted by molar-refractivity contribution is 5.63. The van der Waals surface area contributed by atoms with Gasteiger partial charge in [0.25, 0.3) is 5.69 Å². The van der Waals surface area contributed by atoms with Crippen molar-refractivity contribution in [1.29, 1.82) is 0 Å². The van der Waals surface area contributed by atoms with Crippen LogP contribution in [0.1, 0.15) is 40.5 Å². The van der Waals surface area contributed by atoms with Crippen LogP contribution in [0.4, 0.5) is 20.2 Å². The van der Waals surface area contributed by atoms with Crippen molar-refractivity contribution in [3.63, 3.8) is 0 Å². The Balaban J connectivity index is 3.09. The number of hydrogen-bond acceptors (Lipinski definition) is 3. The van der Waals surface area contributed by atoms with Crippen LogP contribution in [0.25, 0.3) is 0 Å². The Bertz CT molecular complexity index is 495. The molecular weight excluding hydrogens is 278 g/mol. The van der Waals surface area contributed by atoms with E-state index in [9.17, 15) is 18.9 Å². The first-order valence-corrected chi connectivity index (χ1v) is 7.10. The first-order chi connectivity index (χ1) is 9.70. The zero-order chi connectivity index (χ0) is 16.2. The summed E-state index contributed by atoms with van der Waals surface area (Å²) in [6, 6.07) is 1.31. The van der Waals surface area contributed by atoms with Crippen LogP contribution >= 0.6 is 0 Å². The lowest BCUT2D eigenvalue weighted by Gasteiger charge is -2.23. The lowest BCUT2D eigenvalue weighted by molar-refractivity contribution is -0.384. The van der Waals surface area contributed by atoms with Crippen LogP contribution in [0, 0.1) is 33.6 Å². The molecule has 118 valence electrons. The highest BCUT2D eigenvalue weighted by Crippen LogP contribution is 2.31. The van der Waals surface area contributed by atoms with Gasteiger partial charge in [0.05, 0.1) is 11.0 Å². The van der Waals surface area contributed by atoms with Crippen molar-refractivity contribution in [3.8, 4) is 0 Å². The number of rotatable bonds is 7. The summed E-state index contributed by atoms with van der Waals surface area (Å²) in [6.07, 6.45) is 1.51. The van der Waals surface area contributed by atoms with Crippen molar-refractivity contribution < 1.29 is 13.7 Å². The van der Waals surface area contributed by atoms with Gasteiger partial charge >= 0.3 is 0 Å². The molecule has 0 saturated carbocycles. The summed E-state index contributed by atoms with van der Waals surface area (Å²) in [5.41, 5.74) is -0.794. The van der Waals surface area contributed by atoms with Gasteiger partial charge in [0.1, 0.15) is 11.5 Å². The molecule has 0 aromatic heterocycles. The average molecular weight is 300 g/mol. The van der Waals surface area contributed by atoms with Crippen LogP contribution in [0.3, 0.4) is 0 Å². The molecule has 1 rings (SSSR count). The molecule has 1 N–H and O–H groups in total. The third-order valence-electron chi connectivity index (χ3n) is 3.09. The van der Waals surface area contributed by atoms with Crippen molar-refractivity contribution in [2.45, 2.75) is 46.6 Å². The fourth-order valence-electron chi connectivity index (χ4n) is 2.40. The molecule has 21 heavy (non-hydrogen) atoms. The van der Waals surface area contributed by atoms with Gasteiger partial charge in [0.15, 0.2) is 5.82 Å². The molecule has 0 radical (unpaired) electrons. The number of nitro groups is 1. The SMILES string of the molecule is CC(C)CC(CC(C)C)Nc1c(F)cc(F)cc1[N+](=O)[O-]. The minimum atomic E-state index is -0.950. The summed E-state index contributed by atoms with van der Waals surface area (Å²) < 4.78 is 27.1. The lowest BCUT2D eigenvalue weighted by Crippen LogP contribution is -2.24. The quantitative estimate of drug-likeness (QED) is 0.584. The Morgan fingerprint density at radius 3 is 2.10 bits per heavy atom. The average Bonchev–Trinajstić information content (AvgIpc) is 2.30. The Kier molecular flexibility index (Phi) is 6.05. The van der Waals surface area contributed by atoms with E-state index in [-0.39, 0.29) is 11.7 Å². The minimum absolute atomic E-state index is 0.0938. The molecule has 0 atom stereocenters. The van der Waals surface area contributed by atoms with E-state index in [1.165, 1.54) is 0 Å². The number of hydrogen-bond donors (Lipinski definition) is 1. The molecular formula is C15H22F2N2O2. The van der Waals surface area contributed by atoms with E-state index in [4.69, 9.17) is 0 Å². The third kappa shape index (κ3) is 5.28. The largest absolute Gasteiger partial charge is 0.374 e. The third-order valence-corrected chi connectivity index (χ3v) is 3.09. The number of halogens is 2. The Labute approximate surface area is 123 Å². The van der Waals surface area contributed by atoms with Crippen molar-refractivity contribution in [2.24, 2.45) is 11.8 Å². The monoisotopic (exact) mass is 300 g/mol. The summed E-state index contributed by atoms with van der Waals surface area (Å²) in [5, 5.41) is 13.9. The minimum Gasteiger partial charge on any atom is -0.374 e. The standard InChI is InChI=1S/C15H22F2N2O2/c1-9(2)5-12(6-10(3)4)18-15-13(17)7-11(16)8-14(15)19(20)21/h7-10,12,18H,5-6H2,1-4H3. The number of nitrogens with one attached hydrogen (secondary N) is 1. The van der Waals surface area contributed by atoms with Crippen molar-refractivity contribution in [1.82, 2.24) is 0 Å². The highest BCUT2D eigenvalue weighted by Gasteiger charge is 2.23. The molecule has 4 nitrogen and oxygen atoms in total. The predicted molar refractivity (Wildman–Crippen MR) is 79.3 cm³/mol. The fourth-order valence-corrected chi connectivity index (χ4v) is 2.40. The highest BCUT2D eigenvalue weighted by atomic mass is 19.1. The zero-order valence-electron chi connectivity index (χ0n) is 12.8. The second kappa shape index (κ2) is 7.33. The second-order valence-corrected chi connectivity index (χ2v) is 6.14. The smallest absolute Gasteiger partial charge is 0.298 e. The van der Waals surface area contributed by atoms with Crippen LogP contribution in [-0.4, -0.2) is 11.0 Å². The molecule has 6 heteroatoms. The predicted octanol–water partition coefficient (Wildman–Crippen LogP) is 4.75. The van der Waals surface area contributed by atoms with Gasteiger partial charge in [0.2, 0.25) is 0 Å². The normalized spacial score (nSPS) is 11.5. The number of nitrogens with zero attached hydrogens (tertiary/aromatic N) is 1. The molecule has 1 aromatic rings. The topological polar surface area (TPSA) is 55.2 Å². The Morgan fingerprint density at radius 1 is 1.14 bits per heavy atom. The molecule has 0 aliphatic carbocycles. The number of benzene rings is 1. The van der Waals surface area contributed by atoms with Gasteiger partial charge in [-0.05, 0) is 24.7 Å². The maximum absolute atomic E-state index is 13.9. The van der Waals surface area contributed by atoms with E-state index < -0.39 is 22.2 Å². The van der Waals surface area contributed by atoms with E-state index >= 15 is 0 Å². The Morgan fingerprint density at radius 2 is 1.67 bits per heavy atom. The number of nitro benzene ring substituents is 1. The van der Waals surface area contributed by atoms with Gasteiger partial charge in [-0.1, -0.05) is 27.7 Å². The molecule has 0 bridgehead atoms. The molecule has 0 aliphatic rings. The van der Waals surface area contributed by atoms with Gasteiger partial charge in [0, 0.05) is 12.1 Å². The molecule has 0 heterocycles. The lowest BCUT2D eigenvalue weighted by atomic mass is 9.95. The molecule has 0 spiro atoms. The van der Waals surface area contributed by atoms with Gasteiger partial charge in [-0.25, -0.2) is 8.78 Å². The summed E-state index contributed by atoms with van der Waals surface area (Å²) in [4.78, 5) is 10.2. The molecule has 0 saturated heterocycles.